The third kappa shape index (κ3) is 6.59. The van der Waals surface area contributed by atoms with E-state index in [-0.39, 0.29) is 18.9 Å². The van der Waals surface area contributed by atoms with Crippen molar-refractivity contribution >= 4 is 33.4 Å². The average Bonchev–Trinajstić information content (AvgIpc) is 3.41. The Morgan fingerprint density at radius 3 is 2.43 bits per heavy atom. The van der Waals surface area contributed by atoms with E-state index in [4.69, 9.17) is 14.5 Å². The number of unbranched alkanes of at least 4 members (excludes halogenated alkanes) is 1. The van der Waals surface area contributed by atoms with Gasteiger partial charge in [-0.15, -0.1) is 11.3 Å². The maximum Gasteiger partial charge on any atom is 0.304 e. The molecule has 37 heavy (non-hydrogen) atoms. The van der Waals surface area contributed by atoms with Crippen molar-refractivity contribution in [3.8, 4) is 11.5 Å². The number of amides is 1. The highest BCUT2D eigenvalue weighted by Crippen LogP contribution is 2.40. The summed E-state index contributed by atoms with van der Waals surface area (Å²) in [5.41, 5.74) is 1.87. The number of nitrogens with zero attached hydrogens (tertiary/aromatic N) is 2. The maximum atomic E-state index is 13.3. The van der Waals surface area contributed by atoms with Gasteiger partial charge in [-0.25, -0.2) is 4.98 Å². The van der Waals surface area contributed by atoms with Gasteiger partial charge in [0, 0.05) is 12.1 Å². The number of benzene rings is 2. The number of carboxylic acid groups (broad SMARTS) is 1. The number of hydrogen-bond acceptors (Lipinski definition) is 6. The van der Waals surface area contributed by atoms with E-state index in [9.17, 15) is 14.7 Å². The molecule has 198 valence electrons. The Morgan fingerprint density at radius 2 is 1.81 bits per heavy atom. The second-order valence-electron chi connectivity index (χ2n) is 10.8. The molecule has 0 bridgehead atoms. The molecule has 1 aliphatic carbocycles. The minimum Gasteiger partial charge on any atom is -0.493 e. The fourth-order valence-corrected chi connectivity index (χ4v) is 5.81. The summed E-state index contributed by atoms with van der Waals surface area (Å²) in [6, 6.07) is 11.6. The van der Waals surface area contributed by atoms with Crippen molar-refractivity contribution in [2.24, 2.45) is 5.41 Å². The van der Waals surface area contributed by atoms with Gasteiger partial charge in [-0.2, -0.15) is 0 Å². The van der Waals surface area contributed by atoms with E-state index in [2.05, 4.69) is 26.5 Å². The van der Waals surface area contributed by atoms with E-state index < -0.39 is 11.4 Å². The molecular weight excluding hydrogens is 490 g/mol. The highest BCUT2D eigenvalue weighted by molar-refractivity contribution is 7.18. The normalized spacial score (nSPS) is 14.4. The van der Waals surface area contributed by atoms with Crippen LogP contribution in [0.15, 0.2) is 36.4 Å². The van der Waals surface area contributed by atoms with Gasteiger partial charge in [-0.3, -0.25) is 9.59 Å². The van der Waals surface area contributed by atoms with E-state index in [0.717, 1.165) is 50.2 Å². The van der Waals surface area contributed by atoms with Crippen LogP contribution < -0.4 is 14.8 Å². The molecular formula is C28H36N3O5S+. The predicted octanol–water partition coefficient (Wildman–Crippen LogP) is 4.05. The number of carbonyl (C=O) groups excluding carboxylic acids is 1. The molecule has 0 atom stereocenters. The summed E-state index contributed by atoms with van der Waals surface area (Å²) in [6.07, 6.45) is 2.66. The van der Waals surface area contributed by atoms with Gasteiger partial charge in [0.05, 0.1) is 70.0 Å². The molecule has 2 N–H and O–H groups in total. The lowest BCUT2D eigenvalue weighted by atomic mass is 9.80. The van der Waals surface area contributed by atoms with Crippen LogP contribution in [0.25, 0.3) is 10.2 Å². The summed E-state index contributed by atoms with van der Waals surface area (Å²) < 4.78 is 13.4. The largest absolute Gasteiger partial charge is 0.493 e. The zero-order valence-corrected chi connectivity index (χ0v) is 22.8. The summed E-state index contributed by atoms with van der Waals surface area (Å²) >= 11 is 1.48. The van der Waals surface area contributed by atoms with Crippen LogP contribution in [0, 0.1) is 5.41 Å². The number of carbonyl (C=O) groups is 2. The summed E-state index contributed by atoms with van der Waals surface area (Å²) in [5.74, 6) is 0.0913. The Labute approximate surface area is 221 Å². The molecule has 0 aliphatic heterocycles. The number of fused-ring (bicyclic) bond motifs is 2. The zero-order valence-electron chi connectivity index (χ0n) is 22.0. The van der Waals surface area contributed by atoms with E-state index in [1.54, 1.807) is 7.11 Å². The Kier molecular flexibility index (Phi) is 8.04. The van der Waals surface area contributed by atoms with Crippen LogP contribution in [0.4, 0.5) is 0 Å². The number of aromatic nitrogens is 1. The highest BCUT2D eigenvalue weighted by Gasteiger charge is 2.45. The third-order valence-electron chi connectivity index (χ3n) is 6.75. The lowest BCUT2D eigenvalue weighted by Crippen LogP contribution is -2.43. The zero-order chi connectivity index (χ0) is 26.6. The van der Waals surface area contributed by atoms with Crippen molar-refractivity contribution in [2.75, 3.05) is 41.4 Å². The van der Waals surface area contributed by atoms with Gasteiger partial charge in [-0.1, -0.05) is 24.3 Å². The van der Waals surface area contributed by atoms with E-state index in [1.807, 2.05) is 36.4 Å². The Hall–Kier alpha value is -3.17. The standard InChI is InChI=1S/C28H35N3O5S/c1-31(2,3)11-7-8-12-36-23-13-21-24(14-22(23)35-4)37-25(30-21)18-29-27(34)28(17-26(32)33)15-19-9-5-6-10-20(19)16-28/h5-6,9-10,13-14H,7-8,11-12,15-18H2,1-4H3,(H-,29,32,33,34)/p+1. The second-order valence-corrected chi connectivity index (χ2v) is 11.9. The molecule has 0 radical (unpaired) electrons. The van der Waals surface area contributed by atoms with Crippen LogP contribution in [0.3, 0.4) is 0 Å². The summed E-state index contributed by atoms with van der Waals surface area (Å²) in [5, 5.41) is 13.2. The quantitative estimate of drug-likeness (QED) is 0.273. The first-order chi connectivity index (χ1) is 17.6. The first kappa shape index (κ1) is 26.9. The van der Waals surface area contributed by atoms with Crippen molar-refractivity contribution in [2.45, 2.75) is 38.6 Å². The monoisotopic (exact) mass is 526 g/mol. The van der Waals surface area contributed by atoms with Gasteiger partial charge in [0.2, 0.25) is 5.91 Å². The van der Waals surface area contributed by atoms with Crippen LogP contribution >= 0.6 is 11.3 Å². The smallest absolute Gasteiger partial charge is 0.304 e. The van der Waals surface area contributed by atoms with Crippen molar-refractivity contribution in [3.63, 3.8) is 0 Å². The van der Waals surface area contributed by atoms with E-state index in [0.29, 0.717) is 30.9 Å². The lowest BCUT2D eigenvalue weighted by Gasteiger charge is -2.25. The molecule has 1 amide bonds. The molecule has 2 aromatic carbocycles. The Balaban J connectivity index is 1.42. The summed E-state index contributed by atoms with van der Waals surface area (Å²) in [6.45, 7) is 1.92. The number of aliphatic carboxylic acids is 1. The van der Waals surface area contributed by atoms with Crippen LogP contribution in [0.1, 0.15) is 35.4 Å². The molecule has 0 spiro atoms. The van der Waals surface area contributed by atoms with Crippen molar-refractivity contribution in [3.05, 3.63) is 52.5 Å². The van der Waals surface area contributed by atoms with Crippen molar-refractivity contribution < 1.29 is 28.7 Å². The lowest BCUT2D eigenvalue weighted by molar-refractivity contribution is -0.870. The van der Waals surface area contributed by atoms with Gasteiger partial charge < -0.3 is 24.4 Å². The molecule has 1 aromatic heterocycles. The minimum absolute atomic E-state index is 0.208. The molecule has 4 rings (SSSR count). The average molecular weight is 527 g/mol. The first-order valence-corrected chi connectivity index (χ1v) is 13.4. The van der Waals surface area contributed by atoms with Crippen LogP contribution in [0.2, 0.25) is 0 Å². The Bertz CT molecular complexity index is 1260. The van der Waals surface area contributed by atoms with Gasteiger partial charge in [-0.05, 0) is 36.8 Å². The molecule has 0 saturated carbocycles. The Morgan fingerprint density at radius 1 is 1.11 bits per heavy atom. The molecule has 0 saturated heterocycles. The number of nitrogens with one attached hydrogen (secondary N) is 1. The number of methoxy groups -OCH3 is 1. The topological polar surface area (TPSA) is 97.8 Å². The number of quaternary nitrogens is 1. The fourth-order valence-electron chi connectivity index (χ4n) is 4.89. The van der Waals surface area contributed by atoms with Crippen LogP contribution in [-0.2, 0) is 29.0 Å². The number of thiazole rings is 1. The molecule has 0 fully saturated rings. The van der Waals surface area contributed by atoms with Gasteiger partial charge in [0.15, 0.2) is 11.5 Å². The van der Waals surface area contributed by atoms with Crippen LogP contribution in [-0.4, -0.2) is 67.9 Å². The fraction of sp³-hybridized carbons (Fsp3) is 0.464. The number of ether oxygens (including phenoxy) is 2. The first-order valence-electron chi connectivity index (χ1n) is 12.6. The van der Waals surface area contributed by atoms with E-state index >= 15 is 0 Å². The molecule has 0 unspecified atom stereocenters. The SMILES string of the molecule is COc1cc2sc(CNC(=O)C3(CC(=O)O)Cc4ccccc4C3)nc2cc1OCCCC[N+](C)(C)C. The number of carboxylic acids is 1. The maximum absolute atomic E-state index is 13.3. The summed E-state index contributed by atoms with van der Waals surface area (Å²) in [4.78, 5) is 29.6. The highest BCUT2D eigenvalue weighted by atomic mass is 32.1. The van der Waals surface area contributed by atoms with Gasteiger partial charge in [0.25, 0.3) is 0 Å². The molecule has 1 aliphatic rings. The minimum atomic E-state index is -0.984. The van der Waals surface area contributed by atoms with E-state index in [1.165, 1.54) is 11.3 Å². The number of hydrogen-bond donors (Lipinski definition) is 2. The molecule has 3 aromatic rings. The predicted molar refractivity (Wildman–Crippen MR) is 144 cm³/mol. The van der Waals surface area contributed by atoms with Gasteiger partial charge >= 0.3 is 5.97 Å². The van der Waals surface area contributed by atoms with Crippen LogP contribution in [0.5, 0.6) is 11.5 Å². The van der Waals surface area contributed by atoms with Gasteiger partial charge in [0.1, 0.15) is 5.01 Å². The third-order valence-corrected chi connectivity index (χ3v) is 7.76. The number of rotatable bonds is 12. The summed E-state index contributed by atoms with van der Waals surface area (Å²) in [7, 11) is 8.16. The van der Waals surface area contributed by atoms with Crippen molar-refractivity contribution in [1.82, 2.24) is 10.3 Å². The van der Waals surface area contributed by atoms with Crippen molar-refractivity contribution in [1.29, 1.82) is 0 Å². The second kappa shape index (κ2) is 11.1. The molecule has 8 nitrogen and oxygen atoms in total. The molecule has 9 heteroatoms. The molecule has 1 heterocycles.